The second-order valence-electron chi connectivity index (χ2n) is 4.77. The molecule has 7 heteroatoms. The summed E-state index contributed by atoms with van der Waals surface area (Å²) in [5, 5.41) is 2.48. The van der Waals surface area contributed by atoms with Gasteiger partial charge in [-0.15, -0.1) is 0 Å². The minimum absolute atomic E-state index is 0.0473. The number of hydrogen-bond acceptors (Lipinski definition) is 4. The van der Waals surface area contributed by atoms with E-state index in [0.29, 0.717) is 5.69 Å². The number of thiocarbonyl (C=S) groups is 1. The predicted octanol–water partition coefficient (Wildman–Crippen LogP) is 1.35. The van der Waals surface area contributed by atoms with E-state index >= 15 is 0 Å². The number of amides is 3. The first-order valence-electron chi connectivity index (χ1n) is 6.78. The Bertz CT molecular complexity index is 725. The molecule has 1 fully saturated rings. The van der Waals surface area contributed by atoms with Crippen LogP contribution in [-0.4, -0.2) is 34.8 Å². The third-order valence-corrected chi connectivity index (χ3v) is 3.55. The number of allylic oxidation sites excluding steroid dienone is 2. The summed E-state index contributed by atoms with van der Waals surface area (Å²) in [5.41, 5.74) is 0.640. The lowest BCUT2D eigenvalue weighted by Gasteiger charge is -2.24. The van der Waals surface area contributed by atoms with Gasteiger partial charge in [0.2, 0.25) is 5.91 Å². The Hall–Kier alpha value is -2.80. The standard InChI is InChI=1S/C16H15N3O3S/c1-11(20)19(12-7-4-3-5-8-12)10-6-9-13-14(21)17-16(23)18(2)15(13)22/h3-10H,1-2H3,(H,17,21,23). The maximum Gasteiger partial charge on any atom is 0.265 e. The maximum absolute atomic E-state index is 12.0. The van der Waals surface area contributed by atoms with Gasteiger partial charge in [0, 0.05) is 25.9 Å². The summed E-state index contributed by atoms with van der Waals surface area (Å²) in [6.07, 6.45) is 4.33. The van der Waals surface area contributed by atoms with Gasteiger partial charge in [-0.2, -0.15) is 0 Å². The first-order chi connectivity index (χ1) is 10.9. The molecule has 0 spiro atoms. The number of nitrogens with one attached hydrogen (secondary N) is 1. The summed E-state index contributed by atoms with van der Waals surface area (Å²) in [6.45, 7) is 1.43. The zero-order chi connectivity index (χ0) is 17.0. The number of carbonyl (C=O) groups excluding carboxylic acids is 3. The van der Waals surface area contributed by atoms with E-state index in [1.807, 2.05) is 18.2 Å². The van der Waals surface area contributed by atoms with Gasteiger partial charge in [0.15, 0.2) is 5.11 Å². The van der Waals surface area contributed by atoms with Crippen LogP contribution in [0.5, 0.6) is 0 Å². The Morgan fingerprint density at radius 3 is 2.52 bits per heavy atom. The Morgan fingerprint density at radius 2 is 1.91 bits per heavy atom. The molecule has 0 aliphatic carbocycles. The molecule has 0 radical (unpaired) electrons. The highest BCUT2D eigenvalue weighted by Crippen LogP contribution is 2.14. The summed E-state index contributed by atoms with van der Waals surface area (Å²) >= 11 is 4.86. The molecule has 1 aromatic carbocycles. The second-order valence-corrected chi connectivity index (χ2v) is 5.16. The van der Waals surface area contributed by atoms with Crippen LogP contribution in [0.1, 0.15) is 6.92 Å². The largest absolute Gasteiger partial charge is 0.298 e. The molecule has 0 unspecified atom stereocenters. The zero-order valence-electron chi connectivity index (χ0n) is 12.6. The highest BCUT2D eigenvalue weighted by molar-refractivity contribution is 7.80. The molecular weight excluding hydrogens is 314 g/mol. The molecular formula is C16H15N3O3S. The van der Waals surface area contributed by atoms with Crippen molar-refractivity contribution in [3.8, 4) is 0 Å². The molecule has 1 aliphatic heterocycles. The van der Waals surface area contributed by atoms with E-state index in [2.05, 4.69) is 5.32 Å². The van der Waals surface area contributed by atoms with Crippen LogP contribution in [0.2, 0.25) is 0 Å². The second kappa shape index (κ2) is 6.97. The number of anilines is 1. The lowest BCUT2D eigenvalue weighted by Crippen LogP contribution is -2.52. The maximum atomic E-state index is 12.0. The highest BCUT2D eigenvalue weighted by Gasteiger charge is 2.30. The van der Waals surface area contributed by atoms with Crippen molar-refractivity contribution in [3.05, 3.63) is 54.3 Å². The minimum Gasteiger partial charge on any atom is -0.298 e. The summed E-state index contributed by atoms with van der Waals surface area (Å²) in [7, 11) is 1.48. The number of benzene rings is 1. The molecule has 1 aromatic rings. The highest BCUT2D eigenvalue weighted by atomic mass is 32.1. The number of carbonyl (C=O) groups is 3. The molecule has 0 saturated carbocycles. The average molecular weight is 329 g/mol. The molecule has 118 valence electrons. The Kier molecular flexibility index (Phi) is 5.02. The van der Waals surface area contributed by atoms with Crippen LogP contribution in [0.25, 0.3) is 0 Å². The van der Waals surface area contributed by atoms with Crippen molar-refractivity contribution in [2.24, 2.45) is 0 Å². The van der Waals surface area contributed by atoms with E-state index in [1.54, 1.807) is 12.1 Å². The number of para-hydroxylation sites is 1. The minimum atomic E-state index is -0.558. The van der Waals surface area contributed by atoms with Crippen LogP contribution in [0, 0.1) is 0 Å². The molecule has 1 saturated heterocycles. The van der Waals surface area contributed by atoms with Crippen LogP contribution in [0.3, 0.4) is 0 Å². The molecule has 0 atom stereocenters. The fraction of sp³-hybridized carbons (Fsp3) is 0.125. The molecule has 3 amide bonds. The SMILES string of the molecule is CC(=O)N(C=CC=C1C(=O)NC(=S)N(C)C1=O)c1ccccc1. The van der Waals surface area contributed by atoms with Gasteiger partial charge in [-0.1, -0.05) is 18.2 Å². The third-order valence-electron chi connectivity index (χ3n) is 3.18. The van der Waals surface area contributed by atoms with Gasteiger partial charge in [0.1, 0.15) is 5.57 Å². The van der Waals surface area contributed by atoms with Gasteiger partial charge in [-0.05, 0) is 36.5 Å². The van der Waals surface area contributed by atoms with Crippen LogP contribution < -0.4 is 10.2 Å². The van der Waals surface area contributed by atoms with Gasteiger partial charge in [0.05, 0.1) is 0 Å². The molecule has 6 nitrogen and oxygen atoms in total. The van der Waals surface area contributed by atoms with E-state index < -0.39 is 11.8 Å². The summed E-state index contributed by atoms with van der Waals surface area (Å²) in [6, 6.07) is 9.03. The van der Waals surface area contributed by atoms with Gasteiger partial charge in [0.25, 0.3) is 11.8 Å². The van der Waals surface area contributed by atoms with E-state index in [0.717, 1.165) is 0 Å². The lowest BCUT2D eigenvalue weighted by molar-refractivity contribution is -0.128. The van der Waals surface area contributed by atoms with Crippen molar-refractivity contribution in [2.75, 3.05) is 11.9 Å². The van der Waals surface area contributed by atoms with Gasteiger partial charge in [-0.3, -0.25) is 29.5 Å². The predicted molar refractivity (Wildman–Crippen MR) is 90.3 cm³/mol. The van der Waals surface area contributed by atoms with Gasteiger partial charge in [-0.25, -0.2) is 0 Å². The number of rotatable bonds is 3. The topological polar surface area (TPSA) is 69.7 Å². The van der Waals surface area contributed by atoms with E-state index in [9.17, 15) is 14.4 Å². The van der Waals surface area contributed by atoms with Crippen LogP contribution in [0.4, 0.5) is 5.69 Å². The van der Waals surface area contributed by atoms with Crippen LogP contribution in [0.15, 0.2) is 54.3 Å². The van der Waals surface area contributed by atoms with Crippen molar-refractivity contribution in [2.45, 2.75) is 6.92 Å². The Labute approximate surface area is 139 Å². The van der Waals surface area contributed by atoms with Crippen molar-refractivity contribution >= 4 is 40.7 Å². The molecule has 1 heterocycles. The van der Waals surface area contributed by atoms with E-state index in [4.69, 9.17) is 12.2 Å². The Balaban J connectivity index is 2.24. The van der Waals surface area contributed by atoms with Crippen molar-refractivity contribution in [3.63, 3.8) is 0 Å². The smallest absolute Gasteiger partial charge is 0.265 e. The lowest BCUT2D eigenvalue weighted by atomic mass is 10.1. The van der Waals surface area contributed by atoms with E-state index in [-0.39, 0.29) is 16.6 Å². The fourth-order valence-electron chi connectivity index (χ4n) is 1.95. The fourth-order valence-corrected chi connectivity index (χ4v) is 2.13. The molecule has 0 aromatic heterocycles. The summed E-state index contributed by atoms with van der Waals surface area (Å²) in [4.78, 5) is 38.2. The first-order valence-corrected chi connectivity index (χ1v) is 7.19. The Morgan fingerprint density at radius 1 is 1.26 bits per heavy atom. The van der Waals surface area contributed by atoms with Gasteiger partial charge >= 0.3 is 0 Å². The zero-order valence-corrected chi connectivity index (χ0v) is 13.5. The molecule has 1 N–H and O–H groups in total. The number of likely N-dealkylation sites (N-methyl/N-ethyl adjacent to an activating group) is 1. The normalized spacial score (nSPS) is 16.9. The molecule has 23 heavy (non-hydrogen) atoms. The molecule has 2 rings (SSSR count). The summed E-state index contributed by atoms with van der Waals surface area (Å²) in [5.74, 6) is -1.24. The van der Waals surface area contributed by atoms with Crippen LogP contribution in [-0.2, 0) is 14.4 Å². The van der Waals surface area contributed by atoms with Crippen molar-refractivity contribution in [1.29, 1.82) is 0 Å². The summed E-state index contributed by atoms with van der Waals surface area (Å²) < 4.78 is 0. The van der Waals surface area contributed by atoms with Crippen molar-refractivity contribution < 1.29 is 14.4 Å². The monoisotopic (exact) mass is 329 g/mol. The number of hydrogen-bond donors (Lipinski definition) is 1. The van der Waals surface area contributed by atoms with E-state index in [1.165, 1.54) is 42.1 Å². The third kappa shape index (κ3) is 3.70. The quantitative estimate of drug-likeness (QED) is 0.516. The average Bonchev–Trinajstić information content (AvgIpc) is 2.52. The van der Waals surface area contributed by atoms with Crippen LogP contribution >= 0.6 is 12.2 Å². The molecule has 1 aliphatic rings. The first kappa shape index (κ1) is 16.6. The van der Waals surface area contributed by atoms with Crippen molar-refractivity contribution in [1.82, 2.24) is 10.2 Å². The van der Waals surface area contributed by atoms with Gasteiger partial charge < -0.3 is 0 Å². The molecule has 0 bridgehead atoms. The number of nitrogens with zero attached hydrogens (tertiary/aromatic N) is 2.